The fraction of sp³-hybridized carbons (Fsp3) is 0.667. The van der Waals surface area contributed by atoms with Crippen LogP contribution in [0.2, 0.25) is 0 Å². The van der Waals surface area contributed by atoms with Gasteiger partial charge in [-0.05, 0) is 0 Å². The van der Waals surface area contributed by atoms with Gasteiger partial charge in [-0.2, -0.15) is 0 Å². The molecule has 4 heteroatoms. The second-order valence-electron chi connectivity index (χ2n) is 2.30. The zero-order chi connectivity index (χ0) is 7.56. The van der Waals surface area contributed by atoms with Gasteiger partial charge < -0.3 is 10.2 Å². The summed E-state index contributed by atoms with van der Waals surface area (Å²) in [7, 11) is 0. The maximum Gasteiger partial charge on any atom is 0.220 e. The van der Waals surface area contributed by atoms with E-state index < -0.39 is 0 Å². The van der Waals surface area contributed by atoms with Gasteiger partial charge in [0, 0.05) is 19.4 Å². The van der Waals surface area contributed by atoms with E-state index in [1.807, 2.05) is 6.92 Å². The number of rotatable bonds is 2. The molecule has 1 heterocycles. The summed E-state index contributed by atoms with van der Waals surface area (Å²) in [6.07, 6.45) is 0. The van der Waals surface area contributed by atoms with Gasteiger partial charge in [-0.3, -0.25) is 0 Å². The van der Waals surface area contributed by atoms with Crippen LogP contribution in [0.5, 0.6) is 0 Å². The van der Waals surface area contributed by atoms with Gasteiger partial charge in [0.15, 0.2) is 0 Å². The predicted molar refractivity (Wildman–Crippen MR) is 36.5 cm³/mol. The molecule has 0 bridgehead atoms. The molecule has 0 aromatic carbocycles. The molecule has 56 valence electrons. The summed E-state index contributed by atoms with van der Waals surface area (Å²) in [5.74, 6) is 1.39. The topological polar surface area (TPSA) is 64.9 Å². The van der Waals surface area contributed by atoms with Gasteiger partial charge in [0.1, 0.15) is 0 Å². The van der Waals surface area contributed by atoms with Crippen molar-refractivity contribution in [1.29, 1.82) is 0 Å². The van der Waals surface area contributed by atoms with Crippen molar-refractivity contribution >= 4 is 0 Å². The second kappa shape index (κ2) is 2.79. The van der Waals surface area contributed by atoms with Crippen molar-refractivity contribution < 1.29 is 4.42 Å². The van der Waals surface area contributed by atoms with E-state index in [4.69, 9.17) is 10.2 Å². The third-order valence-corrected chi connectivity index (χ3v) is 1.32. The van der Waals surface area contributed by atoms with E-state index in [2.05, 4.69) is 10.2 Å². The standard InChI is InChI=1S/C6H11N3O/c1-4(3-7)6-9-8-5(2)10-6/h4H,3,7H2,1-2H3. The molecule has 1 rings (SSSR count). The lowest BCUT2D eigenvalue weighted by atomic mass is 10.2. The Kier molecular flexibility index (Phi) is 2.01. The molecular formula is C6H11N3O. The van der Waals surface area contributed by atoms with Gasteiger partial charge in [0.25, 0.3) is 0 Å². The van der Waals surface area contributed by atoms with Crippen LogP contribution in [0.25, 0.3) is 0 Å². The highest BCUT2D eigenvalue weighted by Crippen LogP contribution is 2.10. The molecule has 1 aromatic heterocycles. The van der Waals surface area contributed by atoms with Crippen molar-refractivity contribution in [2.75, 3.05) is 6.54 Å². The lowest BCUT2D eigenvalue weighted by Crippen LogP contribution is -2.08. The van der Waals surface area contributed by atoms with E-state index >= 15 is 0 Å². The van der Waals surface area contributed by atoms with Crippen molar-refractivity contribution in [3.8, 4) is 0 Å². The molecule has 1 atom stereocenters. The summed E-state index contributed by atoms with van der Waals surface area (Å²) < 4.78 is 5.13. The van der Waals surface area contributed by atoms with Gasteiger partial charge >= 0.3 is 0 Å². The van der Waals surface area contributed by atoms with Crippen LogP contribution in [-0.4, -0.2) is 16.7 Å². The van der Waals surface area contributed by atoms with E-state index in [0.29, 0.717) is 18.3 Å². The molecule has 4 nitrogen and oxygen atoms in total. The fourth-order valence-corrected chi connectivity index (χ4v) is 0.612. The Morgan fingerprint density at radius 3 is 2.70 bits per heavy atom. The molecule has 0 radical (unpaired) electrons. The van der Waals surface area contributed by atoms with Crippen LogP contribution in [0, 0.1) is 6.92 Å². The summed E-state index contributed by atoms with van der Waals surface area (Å²) in [4.78, 5) is 0. The molecule has 0 fully saturated rings. The first-order valence-corrected chi connectivity index (χ1v) is 3.24. The molecule has 0 amide bonds. The Balaban J connectivity index is 2.74. The molecule has 0 saturated carbocycles. The van der Waals surface area contributed by atoms with Crippen LogP contribution >= 0.6 is 0 Å². The van der Waals surface area contributed by atoms with Crippen molar-refractivity contribution in [1.82, 2.24) is 10.2 Å². The predicted octanol–water partition coefficient (Wildman–Crippen LogP) is 0.440. The number of hydrogen-bond donors (Lipinski definition) is 1. The average molecular weight is 141 g/mol. The van der Waals surface area contributed by atoms with Crippen LogP contribution in [0.1, 0.15) is 24.6 Å². The molecule has 10 heavy (non-hydrogen) atoms. The first kappa shape index (κ1) is 7.21. The molecule has 0 aliphatic rings. The first-order chi connectivity index (χ1) is 4.74. The normalized spacial score (nSPS) is 13.5. The monoisotopic (exact) mass is 141 g/mol. The van der Waals surface area contributed by atoms with E-state index in [9.17, 15) is 0 Å². The molecule has 0 aliphatic heterocycles. The maximum atomic E-state index is 5.39. The molecule has 0 aliphatic carbocycles. The minimum absolute atomic E-state index is 0.168. The Labute approximate surface area is 59.4 Å². The van der Waals surface area contributed by atoms with Gasteiger partial charge in [-0.25, -0.2) is 0 Å². The number of nitrogens with zero attached hydrogens (tertiary/aromatic N) is 2. The Bertz CT molecular complexity index is 209. The van der Waals surface area contributed by atoms with Gasteiger partial charge in [0.05, 0.1) is 0 Å². The number of aryl methyl sites for hydroxylation is 1. The lowest BCUT2D eigenvalue weighted by Gasteiger charge is -1.98. The number of hydrogen-bond acceptors (Lipinski definition) is 4. The highest BCUT2D eigenvalue weighted by molar-refractivity contribution is 4.88. The minimum Gasteiger partial charge on any atom is -0.425 e. The van der Waals surface area contributed by atoms with Crippen molar-refractivity contribution in [3.63, 3.8) is 0 Å². The Morgan fingerprint density at radius 2 is 2.30 bits per heavy atom. The molecular weight excluding hydrogens is 130 g/mol. The average Bonchev–Trinajstić information content (AvgIpc) is 2.34. The van der Waals surface area contributed by atoms with Crippen LogP contribution in [-0.2, 0) is 0 Å². The first-order valence-electron chi connectivity index (χ1n) is 3.24. The van der Waals surface area contributed by atoms with Crippen LogP contribution in [0.15, 0.2) is 4.42 Å². The molecule has 1 aromatic rings. The molecule has 2 N–H and O–H groups in total. The fourth-order valence-electron chi connectivity index (χ4n) is 0.612. The minimum atomic E-state index is 0.168. The van der Waals surface area contributed by atoms with Crippen LogP contribution in [0.3, 0.4) is 0 Å². The largest absolute Gasteiger partial charge is 0.425 e. The smallest absolute Gasteiger partial charge is 0.220 e. The SMILES string of the molecule is Cc1nnc(C(C)CN)o1. The van der Waals surface area contributed by atoms with Gasteiger partial charge in [0.2, 0.25) is 11.8 Å². The van der Waals surface area contributed by atoms with Crippen molar-refractivity contribution in [3.05, 3.63) is 11.8 Å². The third-order valence-electron chi connectivity index (χ3n) is 1.32. The zero-order valence-electron chi connectivity index (χ0n) is 6.16. The highest BCUT2D eigenvalue weighted by Gasteiger charge is 2.09. The third kappa shape index (κ3) is 1.33. The maximum absolute atomic E-state index is 5.39. The summed E-state index contributed by atoms with van der Waals surface area (Å²) in [6, 6.07) is 0. The summed E-state index contributed by atoms with van der Waals surface area (Å²) in [5.41, 5.74) is 5.39. The zero-order valence-corrected chi connectivity index (χ0v) is 6.16. The molecule has 0 spiro atoms. The molecule has 0 saturated heterocycles. The quantitative estimate of drug-likeness (QED) is 0.649. The number of aromatic nitrogens is 2. The van der Waals surface area contributed by atoms with Crippen LogP contribution in [0.4, 0.5) is 0 Å². The second-order valence-corrected chi connectivity index (χ2v) is 2.30. The van der Waals surface area contributed by atoms with Crippen molar-refractivity contribution in [2.24, 2.45) is 5.73 Å². The summed E-state index contributed by atoms with van der Waals surface area (Å²) >= 11 is 0. The summed E-state index contributed by atoms with van der Waals surface area (Å²) in [6.45, 7) is 4.26. The van der Waals surface area contributed by atoms with E-state index in [1.54, 1.807) is 6.92 Å². The number of nitrogens with two attached hydrogens (primary N) is 1. The highest BCUT2D eigenvalue weighted by atomic mass is 16.4. The summed E-state index contributed by atoms with van der Waals surface area (Å²) in [5, 5.41) is 7.50. The molecule has 1 unspecified atom stereocenters. The Hall–Kier alpha value is -0.900. The van der Waals surface area contributed by atoms with E-state index in [1.165, 1.54) is 0 Å². The van der Waals surface area contributed by atoms with E-state index in [0.717, 1.165) is 0 Å². The van der Waals surface area contributed by atoms with Crippen LogP contribution < -0.4 is 5.73 Å². The van der Waals surface area contributed by atoms with Crippen molar-refractivity contribution in [2.45, 2.75) is 19.8 Å². The van der Waals surface area contributed by atoms with Gasteiger partial charge in [-0.1, -0.05) is 6.92 Å². The van der Waals surface area contributed by atoms with Gasteiger partial charge in [-0.15, -0.1) is 10.2 Å². The Morgan fingerprint density at radius 1 is 1.60 bits per heavy atom. The lowest BCUT2D eigenvalue weighted by molar-refractivity contribution is 0.440. The van der Waals surface area contributed by atoms with E-state index in [-0.39, 0.29) is 5.92 Å².